The highest BCUT2D eigenvalue weighted by Gasteiger charge is 2.51. The van der Waals surface area contributed by atoms with Gasteiger partial charge in [-0.15, -0.1) is 0 Å². The predicted octanol–water partition coefficient (Wildman–Crippen LogP) is 1.53. The Bertz CT molecular complexity index is 678. The minimum absolute atomic E-state index is 0.0940. The Morgan fingerprint density at radius 3 is 2.52 bits per heavy atom. The van der Waals surface area contributed by atoms with Crippen molar-refractivity contribution in [2.45, 2.75) is 51.9 Å². The maximum Gasteiger partial charge on any atom is 0.494 e. The van der Waals surface area contributed by atoms with Gasteiger partial charge >= 0.3 is 7.12 Å². The molecule has 0 radical (unpaired) electrons. The van der Waals surface area contributed by atoms with Crippen molar-refractivity contribution in [1.29, 1.82) is 0 Å². The minimum atomic E-state index is -0.395. The van der Waals surface area contributed by atoms with Crippen molar-refractivity contribution >= 4 is 18.5 Å². The van der Waals surface area contributed by atoms with Gasteiger partial charge in [0, 0.05) is 26.7 Å². The van der Waals surface area contributed by atoms with Gasteiger partial charge in [0.2, 0.25) is 5.91 Å². The summed E-state index contributed by atoms with van der Waals surface area (Å²) >= 11 is 0. The third kappa shape index (κ3) is 4.15. The lowest BCUT2D eigenvalue weighted by Gasteiger charge is -2.37. The highest BCUT2D eigenvalue weighted by molar-refractivity contribution is 6.62. The number of hydrogen-bond acceptors (Lipinski definition) is 5. The van der Waals surface area contributed by atoms with Crippen LogP contribution in [0.25, 0.3) is 0 Å². The number of piperazine rings is 1. The van der Waals surface area contributed by atoms with Crippen LogP contribution < -0.4 is 10.2 Å². The Hall–Kier alpha value is -1.57. The second-order valence-electron chi connectivity index (χ2n) is 8.48. The van der Waals surface area contributed by atoms with E-state index in [1.165, 1.54) is 0 Å². The van der Waals surface area contributed by atoms with Crippen molar-refractivity contribution in [3.8, 4) is 5.75 Å². The summed E-state index contributed by atoms with van der Waals surface area (Å²) in [6, 6.07) is 7.77. The van der Waals surface area contributed by atoms with Crippen LogP contribution in [-0.4, -0.2) is 73.4 Å². The summed E-state index contributed by atoms with van der Waals surface area (Å²) < 4.78 is 18.2. The molecule has 2 saturated heterocycles. The quantitative estimate of drug-likeness (QED) is 0.732. The molecule has 0 spiro atoms. The number of amides is 1. The fraction of sp³-hybridized carbons (Fsp3) is 0.650. The van der Waals surface area contributed by atoms with Crippen LogP contribution in [0.1, 0.15) is 34.6 Å². The summed E-state index contributed by atoms with van der Waals surface area (Å²) in [6.07, 6.45) is 0. The van der Waals surface area contributed by atoms with Crippen LogP contribution >= 0.6 is 0 Å². The van der Waals surface area contributed by atoms with Gasteiger partial charge in [0.1, 0.15) is 12.4 Å². The molecule has 1 aromatic rings. The zero-order valence-corrected chi connectivity index (χ0v) is 17.3. The molecule has 2 aliphatic rings. The molecule has 3 rings (SSSR count). The largest absolute Gasteiger partial charge is 0.494 e. The first-order chi connectivity index (χ1) is 12.6. The monoisotopic (exact) mass is 374 g/mol. The van der Waals surface area contributed by atoms with E-state index in [2.05, 4.69) is 4.90 Å². The van der Waals surface area contributed by atoms with Crippen molar-refractivity contribution in [1.82, 2.24) is 9.80 Å². The number of carbonyl (C=O) groups is 1. The molecule has 0 saturated carbocycles. The van der Waals surface area contributed by atoms with E-state index in [0.717, 1.165) is 30.8 Å². The van der Waals surface area contributed by atoms with Gasteiger partial charge in [-0.2, -0.15) is 0 Å². The van der Waals surface area contributed by atoms with Crippen LogP contribution in [0.4, 0.5) is 0 Å². The third-order valence-electron chi connectivity index (χ3n) is 6.03. The Morgan fingerprint density at radius 1 is 1.19 bits per heavy atom. The molecule has 1 aromatic carbocycles. The third-order valence-corrected chi connectivity index (χ3v) is 6.03. The molecule has 0 N–H and O–H groups in total. The summed E-state index contributed by atoms with van der Waals surface area (Å²) in [7, 11) is 1.46. The summed E-state index contributed by atoms with van der Waals surface area (Å²) in [6.45, 7) is 13.0. The Balaban J connectivity index is 1.57. The van der Waals surface area contributed by atoms with Crippen LogP contribution in [0.15, 0.2) is 24.3 Å². The van der Waals surface area contributed by atoms with Crippen LogP contribution in [0, 0.1) is 0 Å². The summed E-state index contributed by atoms with van der Waals surface area (Å²) in [4.78, 5) is 16.0. The molecule has 27 heavy (non-hydrogen) atoms. The molecule has 2 heterocycles. The number of hydrogen-bond donors (Lipinski definition) is 0. The topological polar surface area (TPSA) is 51.2 Å². The lowest BCUT2D eigenvalue weighted by molar-refractivity contribution is -0.139. The van der Waals surface area contributed by atoms with Crippen molar-refractivity contribution in [3.05, 3.63) is 24.3 Å². The zero-order chi connectivity index (χ0) is 19.8. The van der Waals surface area contributed by atoms with E-state index in [1.807, 2.05) is 65.9 Å². The van der Waals surface area contributed by atoms with E-state index >= 15 is 0 Å². The normalized spacial score (nSPS) is 25.1. The zero-order valence-electron chi connectivity index (χ0n) is 17.3. The second kappa shape index (κ2) is 7.45. The number of ether oxygens (including phenoxy) is 1. The minimum Gasteiger partial charge on any atom is -0.492 e. The molecule has 0 aromatic heterocycles. The van der Waals surface area contributed by atoms with Crippen LogP contribution in [0.3, 0.4) is 0 Å². The molecule has 1 atom stereocenters. The highest BCUT2D eigenvalue weighted by atomic mass is 16.7. The number of rotatable bonds is 5. The van der Waals surface area contributed by atoms with Crippen molar-refractivity contribution in [2.75, 3.05) is 33.3 Å². The molecule has 7 heteroatoms. The fourth-order valence-corrected chi connectivity index (χ4v) is 3.37. The first-order valence-corrected chi connectivity index (χ1v) is 9.68. The van der Waals surface area contributed by atoms with E-state index < -0.39 is 7.12 Å². The maximum absolute atomic E-state index is 12.1. The van der Waals surface area contributed by atoms with E-state index in [4.69, 9.17) is 14.0 Å². The van der Waals surface area contributed by atoms with Crippen molar-refractivity contribution < 1.29 is 18.8 Å². The predicted molar refractivity (Wildman–Crippen MR) is 106 cm³/mol. The van der Waals surface area contributed by atoms with Gasteiger partial charge in [0.05, 0.1) is 17.2 Å². The smallest absolute Gasteiger partial charge is 0.492 e. The molecule has 0 aliphatic carbocycles. The molecular formula is C20H31BN2O4. The first-order valence-electron chi connectivity index (χ1n) is 9.68. The Morgan fingerprint density at radius 2 is 1.85 bits per heavy atom. The Kier molecular flexibility index (Phi) is 5.57. The average Bonchev–Trinajstić information content (AvgIpc) is 2.83. The second-order valence-corrected chi connectivity index (χ2v) is 8.48. The fourth-order valence-electron chi connectivity index (χ4n) is 3.37. The van der Waals surface area contributed by atoms with E-state index in [1.54, 1.807) is 4.90 Å². The first kappa shape index (κ1) is 20.2. The molecule has 2 fully saturated rings. The molecule has 0 bridgehead atoms. The standard InChI is InChI=1S/C20H31BN2O4/c1-15-18(24)22(6)10-11-23(15)12-13-25-17-9-7-8-16(14-17)21-26-19(2,3)20(4,5)27-21/h7-9,14-15H,10-13H2,1-6H3/t15-/m1/s1. The average molecular weight is 374 g/mol. The molecule has 0 unspecified atom stereocenters. The maximum atomic E-state index is 12.1. The van der Waals surface area contributed by atoms with E-state index in [0.29, 0.717) is 6.61 Å². The van der Waals surface area contributed by atoms with Crippen LogP contribution in [0.5, 0.6) is 5.75 Å². The number of nitrogens with zero attached hydrogens (tertiary/aromatic N) is 2. The lowest BCUT2D eigenvalue weighted by atomic mass is 9.79. The van der Waals surface area contributed by atoms with Crippen molar-refractivity contribution in [2.24, 2.45) is 0 Å². The van der Waals surface area contributed by atoms with Gasteiger partial charge in [-0.05, 0) is 52.2 Å². The molecular weight excluding hydrogens is 343 g/mol. The van der Waals surface area contributed by atoms with Crippen LogP contribution in [-0.2, 0) is 14.1 Å². The van der Waals surface area contributed by atoms with Gasteiger partial charge < -0.3 is 18.9 Å². The molecule has 148 valence electrons. The molecule has 6 nitrogen and oxygen atoms in total. The van der Waals surface area contributed by atoms with Gasteiger partial charge in [-0.3, -0.25) is 9.69 Å². The van der Waals surface area contributed by atoms with E-state index in [-0.39, 0.29) is 23.2 Å². The van der Waals surface area contributed by atoms with Gasteiger partial charge in [0.15, 0.2) is 0 Å². The summed E-state index contributed by atoms with van der Waals surface area (Å²) in [5, 5.41) is 0. The van der Waals surface area contributed by atoms with Gasteiger partial charge in [0.25, 0.3) is 0 Å². The van der Waals surface area contributed by atoms with Crippen molar-refractivity contribution in [3.63, 3.8) is 0 Å². The summed E-state index contributed by atoms with van der Waals surface area (Å²) in [5.41, 5.74) is 0.228. The van der Waals surface area contributed by atoms with Crippen LogP contribution in [0.2, 0.25) is 0 Å². The summed E-state index contributed by atoms with van der Waals surface area (Å²) in [5.74, 6) is 0.958. The SMILES string of the molecule is C[C@@H]1C(=O)N(C)CCN1CCOc1cccc(B2OC(C)(C)C(C)(C)O2)c1. The molecule has 1 amide bonds. The number of carbonyl (C=O) groups excluding carboxylic acids is 1. The van der Waals surface area contributed by atoms with Gasteiger partial charge in [-0.1, -0.05) is 12.1 Å². The molecule has 2 aliphatic heterocycles. The number of benzene rings is 1. The van der Waals surface area contributed by atoms with E-state index in [9.17, 15) is 4.79 Å². The Labute approximate surface area is 162 Å². The highest BCUT2D eigenvalue weighted by Crippen LogP contribution is 2.36. The number of likely N-dealkylation sites (N-methyl/N-ethyl adjacent to an activating group) is 1. The lowest BCUT2D eigenvalue weighted by Crippen LogP contribution is -2.55. The van der Waals surface area contributed by atoms with Gasteiger partial charge in [-0.25, -0.2) is 0 Å².